The van der Waals surface area contributed by atoms with Gasteiger partial charge in [-0.05, 0) is 26.7 Å². The standard InChI is InChI=1S/C13H16N2O4/c1-5(2)15-12(18)8-3-6-7(4-9(8)13(15)19)11(17)14-10(6)16/h5-9H,3-4H2,1-2H3,(H,14,16,17). The van der Waals surface area contributed by atoms with E-state index in [2.05, 4.69) is 5.32 Å². The Labute approximate surface area is 110 Å². The van der Waals surface area contributed by atoms with Gasteiger partial charge in [-0.25, -0.2) is 0 Å². The summed E-state index contributed by atoms with van der Waals surface area (Å²) in [6, 6.07) is -0.171. The molecule has 2 heterocycles. The summed E-state index contributed by atoms with van der Waals surface area (Å²) in [5, 5.41) is 2.30. The van der Waals surface area contributed by atoms with Gasteiger partial charge in [-0.2, -0.15) is 0 Å². The highest BCUT2D eigenvalue weighted by Gasteiger charge is 2.57. The third-order valence-electron chi connectivity index (χ3n) is 4.53. The van der Waals surface area contributed by atoms with Crippen molar-refractivity contribution in [1.29, 1.82) is 0 Å². The molecule has 19 heavy (non-hydrogen) atoms. The largest absolute Gasteiger partial charge is 0.296 e. The molecule has 3 fully saturated rings. The van der Waals surface area contributed by atoms with E-state index < -0.39 is 23.7 Å². The fraction of sp³-hybridized carbons (Fsp3) is 0.692. The van der Waals surface area contributed by atoms with Gasteiger partial charge in [0.15, 0.2) is 0 Å². The van der Waals surface area contributed by atoms with Crippen molar-refractivity contribution in [2.45, 2.75) is 32.7 Å². The molecule has 3 aliphatic rings. The Hall–Kier alpha value is -1.72. The van der Waals surface area contributed by atoms with Gasteiger partial charge < -0.3 is 0 Å². The number of imide groups is 2. The first-order valence-corrected chi connectivity index (χ1v) is 6.63. The topological polar surface area (TPSA) is 83.6 Å². The predicted octanol–water partition coefficient (Wildman–Crippen LogP) is -0.321. The van der Waals surface area contributed by atoms with Crippen molar-refractivity contribution in [1.82, 2.24) is 10.2 Å². The molecule has 6 heteroatoms. The van der Waals surface area contributed by atoms with E-state index in [1.54, 1.807) is 13.8 Å². The summed E-state index contributed by atoms with van der Waals surface area (Å²) < 4.78 is 0. The van der Waals surface area contributed by atoms with E-state index in [1.807, 2.05) is 0 Å². The number of fused-ring (bicyclic) bond motifs is 2. The first-order chi connectivity index (χ1) is 8.91. The number of likely N-dealkylation sites (tertiary alicyclic amines) is 1. The minimum absolute atomic E-state index is 0.171. The lowest BCUT2D eigenvalue weighted by atomic mass is 9.70. The summed E-state index contributed by atoms with van der Waals surface area (Å²) in [5.41, 5.74) is 0. The van der Waals surface area contributed by atoms with E-state index in [0.717, 1.165) is 0 Å². The van der Waals surface area contributed by atoms with E-state index in [9.17, 15) is 19.2 Å². The Balaban J connectivity index is 1.91. The maximum atomic E-state index is 12.3. The van der Waals surface area contributed by atoms with E-state index >= 15 is 0 Å². The molecule has 3 rings (SSSR count). The second-order valence-corrected chi connectivity index (χ2v) is 5.89. The number of hydrogen-bond acceptors (Lipinski definition) is 4. The summed E-state index contributed by atoms with van der Waals surface area (Å²) in [5.74, 6) is -2.67. The van der Waals surface area contributed by atoms with E-state index in [1.165, 1.54) is 4.90 Å². The van der Waals surface area contributed by atoms with Crippen molar-refractivity contribution >= 4 is 23.6 Å². The van der Waals surface area contributed by atoms with Gasteiger partial charge in [-0.15, -0.1) is 0 Å². The number of rotatable bonds is 1. The van der Waals surface area contributed by atoms with Crippen molar-refractivity contribution in [3.63, 3.8) is 0 Å². The SMILES string of the molecule is CC(C)N1C(=O)C2CC3C(=O)NC(=O)C3CC2C1=O. The van der Waals surface area contributed by atoms with Gasteiger partial charge in [0.05, 0.1) is 23.7 Å². The highest BCUT2D eigenvalue weighted by atomic mass is 16.2. The molecule has 1 saturated carbocycles. The molecular weight excluding hydrogens is 248 g/mol. The normalized spacial score (nSPS) is 37.7. The van der Waals surface area contributed by atoms with Crippen LogP contribution < -0.4 is 5.32 Å². The third-order valence-corrected chi connectivity index (χ3v) is 4.53. The molecule has 4 amide bonds. The van der Waals surface area contributed by atoms with E-state index in [4.69, 9.17) is 0 Å². The zero-order valence-electron chi connectivity index (χ0n) is 10.9. The first kappa shape index (κ1) is 12.3. The lowest BCUT2D eigenvalue weighted by Crippen LogP contribution is -2.37. The Kier molecular flexibility index (Phi) is 2.52. The van der Waals surface area contributed by atoms with Gasteiger partial charge in [0.25, 0.3) is 0 Å². The molecule has 0 bridgehead atoms. The Morgan fingerprint density at radius 1 is 0.895 bits per heavy atom. The monoisotopic (exact) mass is 264 g/mol. The number of hydrogen-bond donors (Lipinski definition) is 1. The van der Waals surface area contributed by atoms with Crippen LogP contribution in [-0.2, 0) is 19.2 Å². The van der Waals surface area contributed by atoms with Gasteiger partial charge in [-0.3, -0.25) is 29.4 Å². The van der Waals surface area contributed by atoms with Gasteiger partial charge in [0.2, 0.25) is 23.6 Å². The van der Waals surface area contributed by atoms with Crippen LogP contribution in [0.15, 0.2) is 0 Å². The van der Waals surface area contributed by atoms with Crippen LogP contribution in [0.1, 0.15) is 26.7 Å². The number of carbonyl (C=O) groups excluding carboxylic acids is 4. The van der Waals surface area contributed by atoms with E-state index in [-0.39, 0.29) is 29.7 Å². The third kappa shape index (κ3) is 1.55. The Morgan fingerprint density at radius 2 is 1.32 bits per heavy atom. The molecular formula is C13H16N2O4. The second-order valence-electron chi connectivity index (χ2n) is 5.89. The molecule has 102 valence electrons. The van der Waals surface area contributed by atoms with Crippen molar-refractivity contribution in [3.05, 3.63) is 0 Å². The van der Waals surface area contributed by atoms with Crippen molar-refractivity contribution in [2.24, 2.45) is 23.7 Å². The minimum Gasteiger partial charge on any atom is -0.296 e. The number of amides is 4. The van der Waals surface area contributed by atoms with Gasteiger partial charge in [0.1, 0.15) is 0 Å². The summed E-state index contributed by atoms with van der Waals surface area (Å²) in [7, 11) is 0. The van der Waals surface area contributed by atoms with Crippen molar-refractivity contribution in [2.75, 3.05) is 0 Å². The first-order valence-electron chi connectivity index (χ1n) is 6.63. The molecule has 4 atom stereocenters. The molecule has 0 aromatic rings. The number of nitrogens with zero attached hydrogens (tertiary/aromatic N) is 1. The average Bonchev–Trinajstić information content (AvgIpc) is 2.75. The molecule has 2 saturated heterocycles. The quantitative estimate of drug-likeness (QED) is 0.658. The van der Waals surface area contributed by atoms with Gasteiger partial charge in [0, 0.05) is 6.04 Å². The maximum absolute atomic E-state index is 12.3. The summed E-state index contributed by atoms with van der Waals surface area (Å²) >= 11 is 0. The zero-order chi connectivity index (χ0) is 13.9. The van der Waals surface area contributed by atoms with Crippen LogP contribution in [0.2, 0.25) is 0 Å². The molecule has 1 N–H and O–H groups in total. The van der Waals surface area contributed by atoms with Crippen LogP contribution in [0.25, 0.3) is 0 Å². The number of nitrogens with one attached hydrogen (secondary N) is 1. The zero-order valence-corrected chi connectivity index (χ0v) is 10.9. The lowest BCUT2D eigenvalue weighted by molar-refractivity contribution is -0.141. The number of carbonyl (C=O) groups is 4. The molecule has 0 aromatic carbocycles. The molecule has 4 unspecified atom stereocenters. The van der Waals surface area contributed by atoms with Crippen LogP contribution in [-0.4, -0.2) is 34.6 Å². The fourth-order valence-electron chi connectivity index (χ4n) is 3.61. The van der Waals surface area contributed by atoms with Gasteiger partial charge >= 0.3 is 0 Å². The predicted molar refractivity (Wildman–Crippen MR) is 63.3 cm³/mol. The summed E-state index contributed by atoms with van der Waals surface area (Å²) in [4.78, 5) is 49.1. The van der Waals surface area contributed by atoms with Crippen LogP contribution in [0.3, 0.4) is 0 Å². The maximum Gasteiger partial charge on any atom is 0.233 e. The Bertz CT molecular complexity index is 459. The minimum atomic E-state index is -0.433. The molecule has 1 aliphatic carbocycles. The van der Waals surface area contributed by atoms with Crippen molar-refractivity contribution < 1.29 is 19.2 Å². The van der Waals surface area contributed by atoms with E-state index in [0.29, 0.717) is 12.8 Å². The highest BCUT2D eigenvalue weighted by Crippen LogP contribution is 2.45. The van der Waals surface area contributed by atoms with Crippen LogP contribution in [0.4, 0.5) is 0 Å². The summed E-state index contributed by atoms with van der Waals surface area (Å²) in [6.07, 6.45) is 0.640. The molecule has 6 nitrogen and oxygen atoms in total. The molecule has 0 aromatic heterocycles. The van der Waals surface area contributed by atoms with Crippen LogP contribution >= 0.6 is 0 Å². The molecule has 0 radical (unpaired) electrons. The van der Waals surface area contributed by atoms with Crippen LogP contribution in [0, 0.1) is 23.7 Å². The van der Waals surface area contributed by atoms with Gasteiger partial charge in [-0.1, -0.05) is 0 Å². The average molecular weight is 264 g/mol. The second kappa shape index (κ2) is 3.88. The molecule has 0 spiro atoms. The van der Waals surface area contributed by atoms with Crippen LogP contribution in [0.5, 0.6) is 0 Å². The smallest absolute Gasteiger partial charge is 0.233 e. The molecule has 2 aliphatic heterocycles. The Morgan fingerprint density at radius 3 is 1.68 bits per heavy atom. The fourth-order valence-corrected chi connectivity index (χ4v) is 3.61. The van der Waals surface area contributed by atoms with Crippen molar-refractivity contribution in [3.8, 4) is 0 Å². The highest BCUT2D eigenvalue weighted by molar-refractivity contribution is 6.09. The summed E-state index contributed by atoms with van der Waals surface area (Å²) in [6.45, 7) is 3.59. The lowest BCUT2D eigenvalue weighted by Gasteiger charge is -2.28.